The summed E-state index contributed by atoms with van der Waals surface area (Å²) in [6.45, 7) is 9.87. The monoisotopic (exact) mass is 384 g/mol. The van der Waals surface area contributed by atoms with Gasteiger partial charge in [-0.3, -0.25) is 9.59 Å². The molecule has 1 aromatic carbocycles. The van der Waals surface area contributed by atoms with Gasteiger partial charge in [0.2, 0.25) is 15.9 Å². The minimum Gasteiger partial charge on any atom is -0.466 e. The molecular formula is C18H28N2O5S. The van der Waals surface area contributed by atoms with Crippen LogP contribution in [0.4, 0.5) is 5.69 Å². The molecule has 0 unspecified atom stereocenters. The first-order valence-corrected chi connectivity index (χ1v) is 10.2. The van der Waals surface area contributed by atoms with Crippen molar-refractivity contribution in [3.05, 3.63) is 23.3 Å². The van der Waals surface area contributed by atoms with E-state index in [0.29, 0.717) is 18.8 Å². The molecule has 0 aliphatic heterocycles. The Bertz CT molecular complexity index is 755. The van der Waals surface area contributed by atoms with Crippen LogP contribution < -0.4 is 5.32 Å². The molecule has 0 radical (unpaired) electrons. The quantitative estimate of drug-likeness (QED) is 0.661. The fourth-order valence-electron chi connectivity index (χ4n) is 2.48. The van der Waals surface area contributed by atoms with E-state index in [1.807, 2.05) is 6.92 Å². The van der Waals surface area contributed by atoms with Gasteiger partial charge in [-0.1, -0.05) is 13.8 Å². The maximum absolute atomic E-state index is 12.7. The molecule has 0 aromatic heterocycles. The summed E-state index contributed by atoms with van der Waals surface area (Å²) in [7, 11) is -3.62. The third kappa shape index (κ3) is 5.54. The Labute approximate surface area is 155 Å². The average molecular weight is 384 g/mol. The fraction of sp³-hybridized carbons (Fsp3) is 0.556. The second kappa shape index (κ2) is 9.68. The predicted octanol–water partition coefficient (Wildman–Crippen LogP) is 2.62. The van der Waals surface area contributed by atoms with E-state index in [0.717, 1.165) is 11.1 Å². The SMILES string of the molecule is CCOC(=O)CCC(=O)Nc1cc(S(=O)(=O)N(CC)CC)cc(C)c1C. The van der Waals surface area contributed by atoms with Crippen LogP contribution in [0, 0.1) is 13.8 Å². The highest BCUT2D eigenvalue weighted by molar-refractivity contribution is 7.89. The topological polar surface area (TPSA) is 92.8 Å². The fourth-order valence-corrected chi connectivity index (χ4v) is 4.05. The van der Waals surface area contributed by atoms with Crippen molar-refractivity contribution in [3.63, 3.8) is 0 Å². The number of carbonyl (C=O) groups excluding carboxylic acids is 2. The average Bonchev–Trinajstić information content (AvgIpc) is 2.58. The van der Waals surface area contributed by atoms with E-state index in [2.05, 4.69) is 5.32 Å². The molecule has 1 aromatic rings. The van der Waals surface area contributed by atoms with Crippen LogP contribution in [-0.4, -0.2) is 44.3 Å². The van der Waals surface area contributed by atoms with Gasteiger partial charge < -0.3 is 10.1 Å². The lowest BCUT2D eigenvalue weighted by Gasteiger charge is -2.20. The van der Waals surface area contributed by atoms with Crippen LogP contribution in [0.5, 0.6) is 0 Å². The first kappa shape index (κ1) is 22.1. The molecule has 1 N–H and O–H groups in total. The number of anilines is 1. The minimum absolute atomic E-state index is 0.0187. The van der Waals surface area contributed by atoms with E-state index in [1.54, 1.807) is 33.8 Å². The maximum atomic E-state index is 12.7. The van der Waals surface area contributed by atoms with Crippen molar-refractivity contribution in [2.45, 2.75) is 52.4 Å². The molecule has 0 fully saturated rings. The van der Waals surface area contributed by atoms with Crippen molar-refractivity contribution >= 4 is 27.6 Å². The van der Waals surface area contributed by atoms with Crippen molar-refractivity contribution in [2.75, 3.05) is 25.0 Å². The van der Waals surface area contributed by atoms with Crippen LogP contribution in [0.1, 0.15) is 44.7 Å². The van der Waals surface area contributed by atoms with Crippen molar-refractivity contribution in [1.29, 1.82) is 0 Å². The van der Waals surface area contributed by atoms with Gasteiger partial charge in [-0.2, -0.15) is 4.31 Å². The number of aryl methyl sites for hydroxylation is 1. The van der Waals surface area contributed by atoms with Gasteiger partial charge in [0, 0.05) is 25.2 Å². The van der Waals surface area contributed by atoms with Crippen LogP contribution in [0.3, 0.4) is 0 Å². The Hall–Kier alpha value is -1.93. The molecule has 0 bridgehead atoms. The van der Waals surface area contributed by atoms with E-state index in [1.165, 1.54) is 10.4 Å². The standard InChI is InChI=1S/C18H28N2O5S/c1-6-20(7-2)26(23,24)15-11-13(4)14(5)16(12-15)19-17(21)9-10-18(22)25-8-3/h11-12H,6-10H2,1-5H3,(H,19,21). The molecule has 0 saturated carbocycles. The molecule has 26 heavy (non-hydrogen) atoms. The van der Waals surface area contributed by atoms with E-state index < -0.39 is 16.0 Å². The van der Waals surface area contributed by atoms with Crippen LogP contribution in [0.2, 0.25) is 0 Å². The highest BCUT2D eigenvalue weighted by Crippen LogP contribution is 2.26. The van der Waals surface area contributed by atoms with Crippen LogP contribution in [0.25, 0.3) is 0 Å². The maximum Gasteiger partial charge on any atom is 0.306 e. The van der Waals surface area contributed by atoms with Gasteiger partial charge in [-0.15, -0.1) is 0 Å². The summed E-state index contributed by atoms with van der Waals surface area (Å²) >= 11 is 0. The smallest absolute Gasteiger partial charge is 0.306 e. The lowest BCUT2D eigenvalue weighted by molar-refractivity contribution is -0.144. The summed E-state index contributed by atoms with van der Waals surface area (Å²) in [6, 6.07) is 3.08. The summed E-state index contributed by atoms with van der Waals surface area (Å²) in [5.74, 6) is -0.800. The normalized spacial score (nSPS) is 11.5. The highest BCUT2D eigenvalue weighted by atomic mass is 32.2. The molecule has 7 nitrogen and oxygen atoms in total. The Balaban J connectivity index is 3.05. The molecular weight excluding hydrogens is 356 g/mol. The van der Waals surface area contributed by atoms with Crippen LogP contribution in [-0.2, 0) is 24.3 Å². The Morgan fingerprint density at radius 1 is 1.08 bits per heavy atom. The summed E-state index contributed by atoms with van der Waals surface area (Å²) in [4.78, 5) is 23.6. The number of rotatable bonds is 9. The third-order valence-electron chi connectivity index (χ3n) is 4.12. The minimum atomic E-state index is -3.62. The number of amides is 1. The van der Waals surface area contributed by atoms with Gasteiger partial charge in [0.15, 0.2) is 0 Å². The number of carbonyl (C=O) groups is 2. The van der Waals surface area contributed by atoms with Crippen molar-refractivity contribution in [1.82, 2.24) is 4.31 Å². The van der Waals surface area contributed by atoms with Gasteiger partial charge >= 0.3 is 5.97 Å². The van der Waals surface area contributed by atoms with Crippen molar-refractivity contribution in [2.24, 2.45) is 0 Å². The van der Waals surface area contributed by atoms with E-state index in [9.17, 15) is 18.0 Å². The molecule has 0 saturated heterocycles. The largest absolute Gasteiger partial charge is 0.466 e. The van der Waals surface area contributed by atoms with Gasteiger partial charge in [0.1, 0.15) is 0 Å². The van der Waals surface area contributed by atoms with Gasteiger partial charge in [-0.05, 0) is 44.0 Å². The number of hydrogen-bond acceptors (Lipinski definition) is 5. The first-order valence-electron chi connectivity index (χ1n) is 8.74. The number of ether oxygens (including phenoxy) is 1. The highest BCUT2D eigenvalue weighted by Gasteiger charge is 2.23. The number of esters is 1. The Morgan fingerprint density at radius 2 is 1.69 bits per heavy atom. The lowest BCUT2D eigenvalue weighted by atomic mass is 10.1. The zero-order valence-electron chi connectivity index (χ0n) is 16.1. The second-order valence-corrected chi connectivity index (χ2v) is 7.79. The summed E-state index contributed by atoms with van der Waals surface area (Å²) in [5, 5.41) is 2.71. The molecule has 8 heteroatoms. The number of sulfonamides is 1. The molecule has 0 heterocycles. The number of hydrogen-bond donors (Lipinski definition) is 1. The molecule has 146 valence electrons. The second-order valence-electron chi connectivity index (χ2n) is 5.86. The van der Waals surface area contributed by atoms with E-state index in [-0.39, 0.29) is 30.3 Å². The van der Waals surface area contributed by atoms with Gasteiger partial charge in [0.25, 0.3) is 0 Å². The molecule has 0 atom stereocenters. The number of nitrogens with zero attached hydrogens (tertiary/aromatic N) is 1. The third-order valence-corrected chi connectivity index (χ3v) is 6.15. The van der Waals surface area contributed by atoms with Crippen LogP contribution in [0.15, 0.2) is 17.0 Å². The molecule has 1 rings (SSSR count). The van der Waals surface area contributed by atoms with E-state index >= 15 is 0 Å². The summed E-state index contributed by atoms with van der Waals surface area (Å²) in [6.07, 6.45) is -0.0422. The van der Waals surface area contributed by atoms with Crippen molar-refractivity contribution in [3.8, 4) is 0 Å². The summed E-state index contributed by atoms with van der Waals surface area (Å²) < 4.78 is 31.6. The number of nitrogens with one attached hydrogen (secondary N) is 1. The molecule has 1 amide bonds. The predicted molar refractivity (Wildman–Crippen MR) is 101 cm³/mol. The Morgan fingerprint density at radius 3 is 2.23 bits per heavy atom. The lowest BCUT2D eigenvalue weighted by Crippen LogP contribution is -2.30. The van der Waals surface area contributed by atoms with Gasteiger partial charge in [0.05, 0.1) is 17.9 Å². The van der Waals surface area contributed by atoms with Gasteiger partial charge in [-0.25, -0.2) is 8.42 Å². The molecule has 0 aliphatic carbocycles. The number of benzene rings is 1. The first-order chi connectivity index (χ1) is 12.2. The summed E-state index contributed by atoms with van der Waals surface area (Å²) in [5.41, 5.74) is 1.98. The van der Waals surface area contributed by atoms with Crippen LogP contribution >= 0.6 is 0 Å². The zero-order valence-corrected chi connectivity index (χ0v) is 16.9. The van der Waals surface area contributed by atoms with Crippen molar-refractivity contribution < 1.29 is 22.7 Å². The van der Waals surface area contributed by atoms with E-state index in [4.69, 9.17) is 4.74 Å². The zero-order chi connectivity index (χ0) is 19.9. The molecule has 0 spiro atoms. The Kier molecular flexibility index (Phi) is 8.23. The molecule has 0 aliphatic rings.